The predicted octanol–water partition coefficient (Wildman–Crippen LogP) is 5.71. The van der Waals surface area contributed by atoms with Crippen LogP contribution in [0.25, 0.3) is 0 Å². The number of nitrogens with one attached hydrogen (secondary N) is 1. The molecule has 1 aliphatic heterocycles. The number of nitrogens with zero attached hydrogens (tertiary/aromatic N) is 2. The van der Waals surface area contributed by atoms with E-state index in [1.165, 1.54) is 0 Å². The maximum Gasteiger partial charge on any atom is 0.226 e. The maximum atomic E-state index is 14.2. The number of hydrogen-bond acceptors (Lipinski definition) is 8. The maximum absolute atomic E-state index is 14.2. The zero-order chi connectivity index (χ0) is 38.6. The quantitative estimate of drug-likeness (QED) is 0.157. The largest absolute Gasteiger partial charge is 0.388 e. The van der Waals surface area contributed by atoms with E-state index < -0.39 is 36.2 Å². The second kappa shape index (κ2) is 21.1. The molecule has 2 unspecified atom stereocenters. The molecule has 51 heavy (non-hydrogen) atoms. The summed E-state index contributed by atoms with van der Waals surface area (Å²) in [7, 11) is 6.72. The minimum atomic E-state index is -0.760. The van der Waals surface area contributed by atoms with Gasteiger partial charge in [-0.3, -0.25) is 19.2 Å². The van der Waals surface area contributed by atoms with Crippen LogP contribution < -0.4 is 5.32 Å². The van der Waals surface area contributed by atoms with Gasteiger partial charge in [0.1, 0.15) is 5.78 Å². The molecule has 1 aliphatic rings. The topological polar surface area (TPSA) is 125 Å². The third kappa shape index (κ3) is 11.7. The fourth-order valence-corrected chi connectivity index (χ4v) is 8.01. The van der Waals surface area contributed by atoms with Crippen molar-refractivity contribution in [2.75, 3.05) is 34.9 Å². The minimum Gasteiger partial charge on any atom is -0.388 e. The first-order valence-corrected chi connectivity index (χ1v) is 19.1. The molecule has 0 bridgehead atoms. The van der Waals surface area contributed by atoms with Gasteiger partial charge < -0.3 is 29.7 Å². The van der Waals surface area contributed by atoms with Gasteiger partial charge in [-0.05, 0) is 49.1 Å². The highest BCUT2D eigenvalue weighted by atomic mass is 16.5. The molecule has 1 aromatic rings. The molecular formula is C41H69N3O7. The molecule has 2 rings (SSSR count). The van der Waals surface area contributed by atoms with Gasteiger partial charge in [-0.15, -0.1) is 0 Å². The van der Waals surface area contributed by atoms with Gasteiger partial charge in [-0.25, -0.2) is 0 Å². The molecule has 1 fully saturated rings. The van der Waals surface area contributed by atoms with Crippen molar-refractivity contribution in [3.8, 4) is 0 Å². The Kier molecular flexibility index (Phi) is 18.4. The van der Waals surface area contributed by atoms with Gasteiger partial charge in [-0.2, -0.15) is 0 Å². The van der Waals surface area contributed by atoms with Gasteiger partial charge in [0.15, 0.2) is 5.78 Å². The number of hydrogen-bond donors (Lipinski definition) is 2. The van der Waals surface area contributed by atoms with Gasteiger partial charge in [-0.1, -0.05) is 92.1 Å². The minimum absolute atomic E-state index is 0.0111. The highest BCUT2D eigenvalue weighted by Crippen LogP contribution is 2.32. The average molecular weight is 716 g/mol. The molecule has 0 saturated carbocycles. The summed E-state index contributed by atoms with van der Waals surface area (Å²) in [6.07, 6.45) is 0.834. The molecule has 10 nitrogen and oxygen atoms in total. The summed E-state index contributed by atoms with van der Waals surface area (Å²) in [6.45, 7) is 16.3. The average Bonchev–Trinajstić information content (AvgIpc) is 3.59. The normalized spacial score (nSPS) is 20.3. The number of carbonyl (C=O) groups is 4. The summed E-state index contributed by atoms with van der Waals surface area (Å²) in [5, 5.41) is 14.0. The monoisotopic (exact) mass is 716 g/mol. The number of benzene rings is 1. The summed E-state index contributed by atoms with van der Waals surface area (Å²) in [6, 6.07) is 8.35. The van der Waals surface area contributed by atoms with E-state index in [0.717, 1.165) is 18.4 Å². The lowest BCUT2D eigenvalue weighted by molar-refractivity contribution is -0.149. The third-order valence-corrected chi connectivity index (χ3v) is 11.4. The Bertz CT molecular complexity index is 1240. The van der Waals surface area contributed by atoms with E-state index in [1.54, 1.807) is 33.2 Å². The molecule has 0 aromatic heterocycles. The van der Waals surface area contributed by atoms with E-state index in [-0.39, 0.29) is 78.4 Å². The molecule has 290 valence electrons. The molecule has 2 amide bonds. The van der Waals surface area contributed by atoms with Crippen molar-refractivity contribution >= 4 is 23.4 Å². The molecule has 10 atom stereocenters. The number of likely N-dealkylation sites (tertiary alicyclic amines) is 1. The molecule has 1 saturated heterocycles. The first kappa shape index (κ1) is 44.5. The standard InChI is InChI=1S/C41H69N3O7/c1-13-27(6)38(43(10)41(49)31(25(2)3)23-34(46)37(42-9)26(4)5)35(50-11)24-36(47)44-21-17-20-32(44)40(51-12)29(8)33(45)22-28(7)39(48)30-18-15-14-16-19-30/h14-16,18-19,25-29,31-32,35,37-40,42,48H,13,17,20-24H2,1-12H3/t27?,28-,29-,31-,32-,35?,37-,38-,39+,40+/m0/s1. The number of aliphatic hydroxyl groups is 1. The fraction of sp³-hybridized carbons (Fsp3) is 0.756. The van der Waals surface area contributed by atoms with E-state index in [0.29, 0.717) is 13.0 Å². The van der Waals surface area contributed by atoms with Gasteiger partial charge in [0.2, 0.25) is 11.8 Å². The molecule has 0 spiro atoms. The lowest BCUT2D eigenvalue weighted by Crippen LogP contribution is -2.54. The molecule has 10 heteroatoms. The van der Waals surface area contributed by atoms with Crippen molar-refractivity contribution < 1.29 is 33.8 Å². The lowest BCUT2D eigenvalue weighted by atomic mass is 9.84. The van der Waals surface area contributed by atoms with Crippen molar-refractivity contribution in [1.29, 1.82) is 0 Å². The van der Waals surface area contributed by atoms with Crippen LogP contribution in [0.4, 0.5) is 0 Å². The first-order valence-electron chi connectivity index (χ1n) is 19.1. The predicted molar refractivity (Wildman–Crippen MR) is 202 cm³/mol. The molecule has 1 aromatic carbocycles. The summed E-state index contributed by atoms with van der Waals surface area (Å²) in [5.41, 5.74) is 0.777. The van der Waals surface area contributed by atoms with Crippen LogP contribution in [0.1, 0.15) is 106 Å². The van der Waals surface area contributed by atoms with E-state index in [1.807, 2.05) is 76.8 Å². The van der Waals surface area contributed by atoms with Gasteiger partial charge in [0.05, 0.1) is 42.9 Å². The smallest absolute Gasteiger partial charge is 0.226 e. The SMILES string of the molecule is CCC(C)[C@@H](C(CC(=O)N1CCC[C@H]1[C@H](OC)[C@@H](C)C(=O)C[C@H](C)[C@@H](O)c1ccccc1)OC)N(C)C(=O)[C@@H](CC(=O)[C@@H](NC)C(C)C)C(C)C. The number of ketones is 2. The number of rotatable bonds is 22. The van der Waals surface area contributed by atoms with Crippen molar-refractivity contribution in [1.82, 2.24) is 15.1 Å². The molecule has 1 heterocycles. The van der Waals surface area contributed by atoms with Crippen LogP contribution >= 0.6 is 0 Å². The number of methoxy groups -OCH3 is 2. The van der Waals surface area contributed by atoms with Crippen LogP contribution in [-0.4, -0.2) is 103 Å². The highest BCUT2D eigenvalue weighted by Gasteiger charge is 2.43. The van der Waals surface area contributed by atoms with Crippen LogP contribution in [-0.2, 0) is 28.7 Å². The fourth-order valence-electron chi connectivity index (χ4n) is 8.01. The Morgan fingerprint density at radius 1 is 0.902 bits per heavy atom. The second-order valence-corrected chi connectivity index (χ2v) is 15.6. The second-order valence-electron chi connectivity index (χ2n) is 15.6. The summed E-state index contributed by atoms with van der Waals surface area (Å²) < 4.78 is 12.0. The molecule has 0 aliphatic carbocycles. The van der Waals surface area contributed by atoms with Gasteiger partial charge in [0, 0.05) is 52.5 Å². The van der Waals surface area contributed by atoms with Crippen molar-refractivity contribution in [3.63, 3.8) is 0 Å². The van der Waals surface area contributed by atoms with E-state index in [9.17, 15) is 24.3 Å². The Balaban J connectivity index is 2.24. The van der Waals surface area contributed by atoms with Crippen LogP contribution in [0.2, 0.25) is 0 Å². The Labute approximate surface area is 308 Å². The van der Waals surface area contributed by atoms with Gasteiger partial charge in [0.25, 0.3) is 0 Å². The number of Topliss-reactive ketones (excluding diaryl/α,β-unsaturated/α-hetero) is 2. The summed E-state index contributed by atoms with van der Waals surface area (Å²) >= 11 is 0. The zero-order valence-electron chi connectivity index (χ0n) is 33.6. The van der Waals surface area contributed by atoms with Crippen molar-refractivity contribution in [3.05, 3.63) is 35.9 Å². The van der Waals surface area contributed by atoms with E-state index in [4.69, 9.17) is 9.47 Å². The lowest BCUT2D eigenvalue weighted by Gasteiger charge is -2.41. The summed E-state index contributed by atoms with van der Waals surface area (Å²) in [4.78, 5) is 58.7. The zero-order valence-corrected chi connectivity index (χ0v) is 33.6. The third-order valence-electron chi connectivity index (χ3n) is 11.4. The Morgan fingerprint density at radius 3 is 2.04 bits per heavy atom. The number of ether oxygens (including phenoxy) is 2. The Hall–Kier alpha value is -2.66. The summed E-state index contributed by atoms with van der Waals surface area (Å²) in [5.74, 6) is -1.41. The van der Waals surface area contributed by atoms with Crippen LogP contribution in [0.5, 0.6) is 0 Å². The van der Waals surface area contributed by atoms with Crippen molar-refractivity contribution in [2.24, 2.45) is 35.5 Å². The van der Waals surface area contributed by atoms with E-state index in [2.05, 4.69) is 19.2 Å². The first-order chi connectivity index (χ1) is 24.0. The van der Waals surface area contributed by atoms with Gasteiger partial charge >= 0.3 is 0 Å². The Morgan fingerprint density at radius 2 is 1.53 bits per heavy atom. The number of aliphatic hydroxyl groups excluding tert-OH is 1. The number of likely N-dealkylation sites (N-methyl/N-ethyl adjacent to an activating group) is 2. The van der Waals surface area contributed by atoms with Crippen LogP contribution in [0.3, 0.4) is 0 Å². The molecule has 2 N–H and O–H groups in total. The molecular weight excluding hydrogens is 646 g/mol. The number of carbonyl (C=O) groups excluding carboxylic acids is 4. The van der Waals surface area contributed by atoms with Crippen LogP contribution in [0.15, 0.2) is 30.3 Å². The van der Waals surface area contributed by atoms with Crippen LogP contribution in [0, 0.1) is 35.5 Å². The number of amides is 2. The van der Waals surface area contributed by atoms with Crippen molar-refractivity contribution in [2.45, 2.75) is 130 Å². The highest BCUT2D eigenvalue weighted by molar-refractivity contribution is 5.90. The van der Waals surface area contributed by atoms with E-state index >= 15 is 0 Å². The molecule has 0 radical (unpaired) electrons.